The zero-order valence-electron chi connectivity index (χ0n) is 9.72. The molecule has 1 aromatic rings. The van der Waals surface area contributed by atoms with Crippen LogP contribution in [0.25, 0.3) is 0 Å². The average Bonchev–Trinajstić information content (AvgIpc) is 2.26. The summed E-state index contributed by atoms with van der Waals surface area (Å²) >= 11 is 0. The first-order chi connectivity index (χ1) is 7.47. The number of nitrogens with two attached hydrogens (primary N) is 1. The SMILES string of the molecule is CCC(C)[C@H](N)c1cc(F)ccc1[N+](=O)[O-].Cl. The van der Waals surface area contributed by atoms with Gasteiger partial charge in [-0.25, -0.2) is 4.39 Å². The van der Waals surface area contributed by atoms with Crippen LogP contribution < -0.4 is 5.73 Å². The molecule has 0 saturated heterocycles. The van der Waals surface area contributed by atoms with E-state index in [0.717, 1.165) is 24.6 Å². The van der Waals surface area contributed by atoms with E-state index in [4.69, 9.17) is 5.73 Å². The van der Waals surface area contributed by atoms with Gasteiger partial charge in [0, 0.05) is 17.7 Å². The lowest BCUT2D eigenvalue weighted by molar-refractivity contribution is -0.385. The van der Waals surface area contributed by atoms with Crippen molar-refractivity contribution in [3.05, 3.63) is 39.7 Å². The number of nitro benzene ring substituents is 1. The van der Waals surface area contributed by atoms with Crippen LogP contribution in [0.5, 0.6) is 0 Å². The Bertz CT molecular complexity index is 401. The summed E-state index contributed by atoms with van der Waals surface area (Å²) in [5.41, 5.74) is 6.03. The molecule has 17 heavy (non-hydrogen) atoms. The van der Waals surface area contributed by atoms with E-state index in [2.05, 4.69) is 0 Å². The Morgan fingerprint density at radius 3 is 2.59 bits per heavy atom. The fourth-order valence-electron chi connectivity index (χ4n) is 1.52. The molecule has 1 rings (SSSR count). The number of hydrogen-bond acceptors (Lipinski definition) is 3. The molecule has 4 nitrogen and oxygen atoms in total. The first-order valence-corrected chi connectivity index (χ1v) is 5.16. The highest BCUT2D eigenvalue weighted by molar-refractivity contribution is 5.85. The summed E-state index contributed by atoms with van der Waals surface area (Å²) in [5, 5.41) is 10.8. The molecule has 0 aliphatic heterocycles. The summed E-state index contributed by atoms with van der Waals surface area (Å²) in [5.74, 6) is -0.431. The summed E-state index contributed by atoms with van der Waals surface area (Å²) in [6.45, 7) is 3.83. The van der Waals surface area contributed by atoms with Gasteiger partial charge >= 0.3 is 0 Å². The van der Waals surface area contributed by atoms with Gasteiger partial charge in [-0.15, -0.1) is 12.4 Å². The third-order valence-electron chi connectivity index (χ3n) is 2.80. The van der Waals surface area contributed by atoms with Crippen molar-refractivity contribution < 1.29 is 9.31 Å². The average molecular weight is 263 g/mol. The number of nitrogens with zero attached hydrogens (tertiary/aromatic N) is 1. The van der Waals surface area contributed by atoms with Crippen molar-refractivity contribution in [3.63, 3.8) is 0 Å². The monoisotopic (exact) mass is 262 g/mol. The maximum absolute atomic E-state index is 13.1. The molecule has 1 unspecified atom stereocenters. The molecule has 0 amide bonds. The van der Waals surface area contributed by atoms with Crippen molar-refractivity contribution in [1.82, 2.24) is 0 Å². The van der Waals surface area contributed by atoms with Crippen LogP contribution in [0.1, 0.15) is 31.9 Å². The second-order valence-electron chi connectivity index (χ2n) is 3.87. The van der Waals surface area contributed by atoms with Crippen LogP contribution in [0, 0.1) is 21.8 Å². The van der Waals surface area contributed by atoms with Crippen LogP contribution in [-0.4, -0.2) is 4.92 Å². The van der Waals surface area contributed by atoms with Crippen molar-refractivity contribution >= 4 is 18.1 Å². The van der Waals surface area contributed by atoms with Gasteiger partial charge < -0.3 is 5.73 Å². The van der Waals surface area contributed by atoms with E-state index in [1.807, 2.05) is 13.8 Å². The maximum atomic E-state index is 13.1. The van der Waals surface area contributed by atoms with Crippen molar-refractivity contribution in [2.75, 3.05) is 0 Å². The molecule has 0 radical (unpaired) electrons. The lowest BCUT2D eigenvalue weighted by Crippen LogP contribution is -2.20. The van der Waals surface area contributed by atoms with Crippen LogP contribution in [0.4, 0.5) is 10.1 Å². The predicted molar refractivity (Wildman–Crippen MR) is 66.7 cm³/mol. The highest BCUT2D eigenvalue weighted by Gasteiger charge is 2.23. The van der Waals surface area contributed by atoms with Crippen LogP contribution in [0.15, 0.2) is 18.2 Å². The second kappa shape index (κ2) is 6.51. The Labute approximate surface area is 106 Å². The lowest BCUT2D eigenvalue weighted by atomic mass is 9.92. The summed E-state index contributed by atoms with van der Waals surface area (Å²) in [7, 11) is 0. The smallest absolute Gasteiger partial charge is 0.274 e. The largest absolute Gasteiger partial charge is 0.324 e. The first kappa shape index (κ1) is 15.8. The van der Waals surface area contributed by atoms with E-state index < -0.39 is 16.8 Å². The number of hydrogen-bond donors (Lipinski definition) is 1. The molecule has 1 aromatic carbocycles. The van der Waals surface area contributed by atoms with Crippen LogP contribution >= 0.6 is 12.4 Å². The van der Waals surface area contributed by atoms with Gasteiger partial charge in [0.2, 0.25) is 0 Å². The summed E-state index contributed by atoms with van der Waals surface area (Å²) in [4.78, 5) is 10.2. The quantitative estimate of drug-likeness (QED) is 0.669. The van der Waals surface area contributed by atoms with Gasteiger partial charge in [0.25, 0.3) is 5.69 Å². The van der Waals surface area contributed by atoms with E-state index in [1.165, 1.54) is 0 Å². The molecular weight excluding hydrogens is 247 g/mol. The Kier molecular flexibility index (Phi) is 6.05. The Balaban J connectivity index is 0.00000256. The van der Waals surface area contributed by atoms with E-state index >= 15 is 0 Å². The molecule has 96 valence electrons. The molecule has 0 bridgehead atoms. The molecule has 2 atom stereocenters. The Morgan fingerprint density at radius 2 is 2.12 bits per heavy atom. The molecule has 0 saturated carbocycles. The van der Waals surface area contributed by atoms with E-state index in [-0.39, 0.29) is 29.6 Å². The van der Waals surface area contributed by atoms with Gasteiger partial charge in [0.05, 0.1) is 4.92 Å². The maximum Gasteiger partial charge on any atom is 0.274 e. The standard InChI is InChI=1S/C11H15FN2O2.ClH/c1-3-7(2)11(13)9-6-8(12)4-5-10(9)14(15)16;/h4-7,11H,3,13H2,1-2H3;1H/t7?,11-;/m0./s1. The predicted octanol–water partition coefficient (Wildman–Crippen LogP) is 3.20. The zero-order valence-corrected chi connectivity index (χ0v) is 10.5. The molecule has 0 heterocycles. The van der Waals surface area contributed by atoms with Gasteiger partial charge in [-0.05, 0) is 18.1 Å². The summed E-state index contributed by atoms with van der Waals surface area (Å²) in [6, 6.07) is 2.87. The Hall–Kier alpha value is -1.20. The number of nitro groups is 1. The molecule has 2 N–H and O–H groups in total. The first-order valence-electron chi connectivity index (χ1n) is 5.16. The molecule has 6 heteroatoms. The normalized spacial score (nSPS) is 13.6. The molecule has 0 aliphatic carbocycles. The van der Waals surface area contributed by atoms with E-state index in [1.54, 1.807) is 0 Å². The van der Waals surface area contributed by atoms with E-state index in [0.29, 0.717) is 0 Å². The topological polar surface area (TPSA) is 69.2 Å². The fraction of sp³-hybridized carbons (Fsp3) is 0.455. The summed E-state index contributed by atoms with van der Waals surface area (Å²) in [6.07, 6.45) is 0.787. The minimum absolute atomic E-state index is 0. The van der Waals surface area contributed by atoms with Gasteiger partial charge in [-0.2, -0.15) is 0 Å². The molecule has 0 aliphatic rings. The van der Waals surface area contributed by atoms with Crippen molar-refractivity contribution in [1.29, 1.82) is 0 Å². The number of halogens is 2. The van der Waals surface area contributed by atoms with Gasteiger partial charge in [0.1, 0.15) is 5.82 Å². The van der Waals surface area contributed by atoms with Gasteiger partial charge in [-0.3, -0.25) is 10.1 Å². The molecule has 0 fully saturated rings. The highest BCUT2D eigenvalue weighted by Crippen LogP contribution is 2.30. The van der Waals surface area contributed by atoms with Gasteiger partial charge in [-0.1, -0.05) is 20.3 Å². The second-order valence-corrected chi connectivity index (χ2v) is 3.87. The number of rotatable bonds is 4. The van der Waals surface area contributed by atoms with Crippen LogP contribution in [-0.2, 0) is 0 Å². The zero-order chi connectivity index (χ0) is 12.3. The van der Waals surface area contributed by atoms with E-state index in [9.17, 15) is 14.5 Å². The number of benzene rings is 1. The minimum atomic E-state index is -0.531. The molecule has 0 spiro atoms. The Morgan fingerprint density at radius 1 is 1.53 bits per heavy atom. The minimum Gasteiger partial charge on any atom is -0.324 e. The third-order valence-corrected chi connectivity index (χ3v) is 2.80. The third kappa shape index (κ3) is 3.64. The lowest BCUT2D eigenvalue weighted by Gasteiger charge is -2.18. The van der Waals surface area contributed by atoms with Crippen molar-refractivity contribution in [3.8, 4) is 0 Å². The van der Waals surface area contributed by atoms with Crippen molar-refractivity contribution in [2.24, 2.45) is 11.7 Å². The molecule has 0 aromatic heterocycles. The van der Waals surface area contributed by atoms with Crippen LogP contribution in [0.3, 0.4) is 0 Å². The fourth-order valence-corrected chi connectivity index (χ4v) is 1.52. The summed E-state index contributed by atoms with van der Waals surface area (Å²) < 4.78 is 13.1. The van der Waals surface area contributed by atoms with Crippen molar-refractivity contribution in [2.45, 2.75) is 26.3 Å². The molecular formula is C11H16ClFN2O2. The highest BCUT2D eigenvalue weighted by atomic mass is 35.5. The van der Waals surface area contributed by atoms with Gasteiger partial charge in [0.15, 0.2) is 0 Å². The van der Waals surface area contributed by atoms with Crippen LogP contribution in [0.2, 0.25) is 0 Å².